The molecule has 0 amide bonds. The maximum Gasteiger partial charge on any atom is 0.267 e. The standard InChI is InChI=1S/C18H15NO3S/c1-13-12-16(23(21,22)15-10-6-3-7-11-15)18(20)19-17(13)14-8-4-2-5-9-14/h2-12H,1H3,(H,19,20). The minimum atomic E-state index is -3.83. The topological polar surface area (TPSA) is 67.0 Å². The fourth-order valence-corrected chi connectivity index (χ4v) is 3.84. The number of rotatable bonds is 3. The fourth-order valence-electron chi connectivity index (χ4n) is 2.44. The summed E-state index contributed by atoms with van der Waals surface area (Å²) >= 11 is 0. The highest BCUT2D eigenvalue weighted by Gasteiger charge is 2.22. The van der Waals surface area contributed by atoms with Crippen molar-refractivity contribution in [1.82, 2.24) is 4.98 Å². The van der Waals surface area contributed by atoms with Crippen LogP contribution in [0.5, 0.6) is 0 Å². The molecule has 1 aromatic heterocycles. The molecule has 0 aliphatic rings. The number of H-pyrrole nitrogens is 1. The Morgan fingerprint density at radius 2 is 1.43 bits per heavy atom. The van der Waals surface area contributed by atoms with Crippen molar-refractivity contribution >= 4 is 9.84 Å². The summed E-state index contributed by atoms with van der Waals surface area (Å²) in [7, 11) is -3.83. The molecule has 1 N–H and O–H groups in total. The van der Waals surface area contributed by atoms with Gasteiger partial charge in [-0.1, -0.05) is 48.5 Å². The molecule has 0 radical (unpaired) electrons. The first-order valence-electron chi connectivity index (χ1n) is 7.09. The lowest BCUT2D eigenvalue weighted by atomic mass is 10.1. The summed E-state index contributed by atoms with van der Waals surface area (Å²) in [6, 6.07) is 18.7. The number of aryl methyl sites for hydroxylation is 1. The minimum Gasteiger partial charge on any atom is -0.321 e. The number of sulfone groups is 1. The molecule has 3 aromatic rings. The lowest BCUT2D eigenvalue weighted by Crippen LogP contribution is -2.19. The van der Waals surface area contributed by atoms with E-state index in [4.69, 9.17) is 0 Å². The van der Waals surface area contributed by atoms with Crippen LogP contribution < -0.4 is 5.56 Å². The SMILES string of the molecule is Cc1cc(S(=O)(=O)c2ccccc2)c(=O)[nH]c1-c1ccccc1. The maximum atomic E-state index is 12.6. The van der Waals surface area contributed by atoms with Crippen LogP contribution in [0.3, 0.4) is 0 Å². The number of hydrogen-bond donors (Lipinski definition) is 1. The monoisotopic (exact) mass is 325 g/mol. The van der Waals surface area contributed by atoms with Gasteiger partial charge >= 0.3 is 0 Å². The summed E-state index contributed by atoms with van der Waals surface area (Å²) in [5.74, 6) is 0. The number of pyridine rings is 1. The van der Waals surface area contributed by atoms with Gasteiger partial charge in [0, 0.05) is 0 Å². The van der Waals surface area contributed by atoms with E-state index in [1.54, 1.807) is 25.1 Å². The average molecular weight is 325 g/mol. The number of aromatic amines is 1. The van der Waals surface area contributed by atoms with Gasteiger partial charge in [0.15, 0.2) is 0 Å². The first-order valence-corrected chi connectivity index (χ1v) is 8.58. The van der Waals surface area contributed by atoms with Gasteiger partial charge in [0.05, 0.1) is 10.6 Å². The van der Waals surface area contributed by atoms with Crippen molar-refractivity contribution in [3.63, 3.8) is 0 Å². The third-order valence-corrected chi connectivity index (χ3v) is 5.38. The van der Waals surface area contributed by atoms with E-state index in [1.165, 1.54) is 18.2 Å². The lowest BCUT2D eigenvalue weighted by molar-refractivity contribution is 0.594. The Hall–Kier alpha value is -2.66. The number of nitrogens with one attached hydrogen (secondary N) is 1. The van der Waals surface area contributed by atoms with Crippen LogP contribution in [0.1, 0.15) is 5.56 Å². The van der Waals surface area contributed by atoms with Crippen molar-refractivity contribution in [3.8, 4) is 11.3 Å². The first kappa shape index (κ1) is 15.2. The molecule has 3 rings (SSSR count). The Kier molecular flexibility index (Phi) is 3.88. The van der Waals surface area contributed by atoms with Gasteiger partial charge in [0.25, 0.3) is 5.56 Å². The van der Waals surface area contributed by atoms with Crippen molar-refractivity contribution in [3.05, 3.63) is 82.6 Å². The van der Waals surface area contributed by atoms with Gasteiger partial charge in [0.2, 0.25) is 9.84 Å². The molecule has 4 nitrogen and oxygen atoms in total. The fraction of sp³-hybridized carbons (Fsp3) is 0.0556. The summed E-state index contributed by atoms with van der Waals surface area (Å²) in [5, 5.41) is 0. The van der Waals surface area contributed by atoms with Crippen LogP contribution in [-0.2, 0) is 9.84 Å². The van der Waals surface area contributed by atoms with Gasteiger partial charge in [-0.15, -0.1) is 0 Å². The van der Waals surface area contributed by atoms with Crippen LogP contribution in [0.25, 0.3) is 11.3 Å². The quantitative estimate of drug-likeness (QED) is 0.804. The highest BCUT2D eigenvalue weighted by molar-refractivity contribution is 7.91. The van der Waals surface area contributed by atoms with E-state index in [0.29, 0.717) is 11.3 Å². The van der Waals surface area contributed by atoms with E-state index in [0.717, 1.165) is 5.56 Å². The van der Waals surface area contributed by atoms with Crippen LogP contribution in [0, 0.1) is 6.92 Å². The maximum absolute atomic E-state index is 12.6. The zero-order valence-electron chi connectivity index (χ0n) is 12.5. The smallest absolute Gasteiger partial charge is 0.267 e. The number of aromatic nitrogens is 1. The van der Waals surface area contributed by atoms with Crippen molar-refractivity contribution in [1.29, 1.82) is 0 Å². The molecule has 0 saturated heterocycles. The molecule has 1 heterocycles. The van der Waals surface area contributed by atoms with E-state index in [-0.39, 0.29) is 9.79 Å². The molecule has 0 bridgehead atoms. The van der Waals surface area contributed by atoms with E-state index in [9.17, 15) is 13.2 Å². The van der Waals surface area contributed by atoms with Gasteiger partial charge in [-0.25, -0.2) is 8.42 Å². The van der Waals surface area contributed by atoms with Crippen molar-refractivity contribution in [2.45, 2.75) is 16.7 Å². The normalized spacial score (nSPS) is 11.3. The van der Waals surface area contributed by atoms with Crippen molar-refractivity contribution < 1.29 is 8.42 Å². The predicted octanol–water partition coefficient (Wildman–Crippen LogP) is 3.18. The van der Waals surface area contributed by atoms with Gasteiger partial charge in [0.1, 0.15) is 4.90 Å². The Bertz CT molecular complexity index is 991. The molecule has 0 unspecified atom stereocenters. The molecule has 0 atom stereocenters. The molecule has 0 spiro atoms. The van der Waals surface area contributed by atoms with E-state index < -0.39 is 15.4 Å². The second kappa shape index (κ2) is 5.85. The molecule has 0 aliphatic carbocycles. The first-order chi connectivity index (χ1) is 11.0. The van der Waals surface area contributed by atoms with Crippen LogP contribution in [0.2, 0.25) is 0 Å². The van der Waals surface area contributed by atoms with Crippen molar-refractivity contribution in [2.24, 2.45) is 0 Å². The van der Waals surface area contributed by atoms with E-state index in [2.05, 4.69) is 4.98 Å². The summed E-state index contributed by atoms with van der Waals surface area (Å²) in [5.41, 5.74) is 1.55. The summed E-state index contributed by atoms with van der Waals surface area (Å²) < 4.78 is 25.3. The summed E-state index contributed by atoms with van der Waals surface area (Å²) in [6.07, 6.45) is 0. The number of hydrogen-bond acceptors (Lipinski definition) is 3. The Labute approximate surface area is 134 Å². The van der Waals surface area contributed by atoms with Crippen LogP contribution in [0.15, 0.2) is 81.3 Å². The van der Waals surface area contributed by atoms with Crippen LogP contribution in [-0.4, -0.2) is 13.4 Å². The molecule has 0 saturated carbocycles. The van der Waals surface area contributed by atoms with E-state index in [1.807, 2.05) is 30.3 Å². The molecule has 0 aliphatic heterocycles. The third-order valence-electron chi connectivity index (χ3n) is 3.61. The highest BCUT2D eigenvalue weighted by atomic mass is 32.2. The second-order valence-electron chi connectivity index (χ2n) is 5.20. The van der Waals surface area contributed by atoms with Crippen molar-refractivity contribution in [2.75, 3.05) is 0 Å². The molecule has 5 heteroatoms. The average Bonchev–Trinajstić information content (AvgIpc) is 2.58. The second-order valence-corrected chi connectivity index (χ2v) is 7.12. The van der Waals surface area contributed by atoms with E-state index >= 15 is 0 Å². The van der Waals surface area contributed by atoms with Gasteiger partial charge in [-0.05, 0) is 36.2 Å². The molecule has 0 fully saturated rings. The minimum absolute atomic E-state index is 0.109. The summed E-state index contributed by atoms with van der Waals surface area (Å²) in [4.78, 5) is 14.9. The predicted molar refractivity (Wildman–Crippen MR) is 89.1 cm³/mol. The van der Waals surface area contributed by atoms with Crippen LogP contribution in [0.4, 0.5) is 0 Å². The Morgan fingerprint density at radius 1 is 0.870 bits per heavy atom. The zero-order chi connectivity index (χ0) is 16.4. The molecular formula is C18H15NO3S. The molecular weight excluding hydrogens is 310 g/mol. The third kappa shape index (κ3) is 2.83. The van der Waals surface area contributed by atoms with Crippen LogP contribution >= 0.6 is 0 Å². The zero-order valence-corrected chi connectivity index (χ0v) is 13.3. The molecule has 23 heavy (non-hydrogen) atoms. The van der Waals surface area contributed by atoms with Gasteiger partial charge in [-0.2, -0.15) is 0 Å². The Balaban J connectivity index is 2.17. The molecule has 2 aromatic carbocycles. The van der Waals surface area contributed by atoms with Gasteiger partial charge in [-0.3, -0.25) is 4.79 Å². The lowest BCUT2D eigenvalue weighted by Gasteiger charge is -2.09. The van der Waals surface area contributed by atoms with Gasteiger partial charge < -0.3 is 4.98 Å². The highest BCUT2D eigenvalue weighted by Crippen LogP contribution is 2.23. The summed E-state index contributed by atoms with van der Waals surface area (Å²) in [6.45, 7) is 1.78. The Morgan fingerprint density at radius 3 is 2.04 bits per heavy atom. The number of benzene rings is 2. The molecule has 116 valence electrons. The largest absolute Gasteiger partial charge is 0.321 e.